The Morgan fingerprint density at radius 1 is 1.20 bits per heavy atom. The molecule has 1 N–H and O–H groups in total. The number of carbonyl (C=O) groups is 1. The van der Waals surface area contributed by atoms with Gasteiger partial charge in [-0.3, -0.25) is 4.79 Å². The van der Waals surface area contributed by atoms with Crippen molar-refractivity contribution < 1.29 is 14.3 Å². The molecule has 2 aliphatic rings. The molecule has 0 aromatic heterocycles. The monoisotopic (exact) mass is 346 g/mol. The number of carbonyl (C=O) groups excluding carboxylic acids is 1. The molecule has 1 aliphatic carbocycles. The van der Waals surface area contributed by atoms with E-state index in [0.717, 1.165) is 57.8 Å². The second-order valence-electron chi connectivity index (χ2n) is 7.24. The van der Waals surface area contributed by atoms with Crippen LogP contribution in [0.3, 0.4) is 0 Å². The van der Waals surface area contributed by atoms with Gasteiger partial charge in [-0.05, 0) is 61.9 Å². The smallest absolute Gasteiger partial charge is 0.223 e. The van der Waals surface area contributed by atoms with E-state index in [4.69, 9.17) is 9.47 Å². The number of benzene rings is 1. The highest BCUT2D eigenvalue weighted by molar-refractivity contribution is 5.82. The lowest BCUT2D eigenvalue weighted by Crippen LogP contribution is -2.40. The molecule has 1 aliphatic heterocycles. The second-order valence-corrected chi connectivity index (χ2v) is 7.24. The highest BCUT2D eigenvalue weighted by atomic mass is 16.5. The van der Waals surface area contributed by atoms with Crippen LogP contribution in [0.1, 0.15) is 30.7 Å². The topological polar surface area (TPSA) is 50.8 Å². The van der Waals surface area contributed by atoms with Crippen LogP contribution in [0.25, 0.3) is 0 Å². The molecule has 25 heavy (non-hydrogen) atoms. The molecule has 2 atom stereocenters. The number of amides is 1. The summed E-state index contributed by atoms with van der Waals surface area (Å²) >= 11 is 0. The van der Waals surface area contributed by atoms with Gasteiger partial charge in [0.05, 0.1) is 13.7 Å². The molecule has 1 saturated heterocycles. The van der Waals surface area contributed by atoms with E-state index < -0.39 is 0 Å². The van der Waals surface area contributed by atoms with Crippen molar-refractivity contribution in [2.45, 2.75) is 25.2 Å². The van der Waals surface area contributed by atoms with E-state index in [2.05, 4.69) is 22.3 Å². The number of methoxy groups -OCH3 is 2. The SMILES string of the molecule is COCCN1CCC(CNC(=O)[C@H]2C[C@@H]2c2ccc(OC)cc2)CC1. The molecule has 1 saturated carbocycles. The maximum Gasteiger partial charge on any atom is 0.223 e. The van der Waals surface area contributed by atoms with Gasteiger partial charge < -0.3 is 19.7 Å². The number of nitrogens with one attached hydrogen (secondary N) is 1. The van der Waals surface area contributed by atoms with E-state index >= 15 is 0 Å². The second kappa shape index (κ2) is 8.68. The maximum atomic E-state index is 12.4. The third-order valence-electron chi connectivity index (χ3n) is 5.55. The van der Waals surface area contributed by atoms with Crippen LogP contribution in [-0.2, 0) is 9.53 Å². The number of hydrogen-bond donors (Lipinski definition) is 1. The largest absolute Gasteiger partial charge is 0.497 e. The van der Waals surface area contributed by atoms with Gasteiger partial charge in [-0.15, -0.1) is 0 Å². The molecule has 1 aromatic rings. The fraction of sp³-hybridized carbons (Fsp3) is 0.650. The minimum Gasteiger partial charge on any atom is -0.497 e. The summed E-state index contributed by atoms with van der Waals surface area (Å²) in [5.41, 5.74) is 1.24. The van der Waals surface area contributed by atoms with Gasteiger partial charge in [0.2, 0.25) is 5.91 Å². The summed E-state index contributed by atoms with van der Waals surface area (Å²) in [6.07, 6.45) is 3.29. The van der Waals surface area contributed by atoms with Gasteiger partial charge in [0.15, 0.2) is 0 Å². The summed E-state index contributed by atoms with van der Waals surface area (Å²) in [7, 11) is 3.42. The molecule has 1 amide bonds. The van der Waals surface area contributed by atoms with Crippen LogP contribution in [0.5, 0.6) is 5.75 Å². The lowest BCUT2D eigenvalue weighted by Gasteiger charge is -2.31. The number of hydrogen-bond acceptors (Lipinski definition) is 4. The van der Waals surface area contributed by atoms with Gasteiger partial charge in [0, 0.05) is 26.1 Å². The first-order valence-electron chi connectivity index (χ1n) is 9.34. The first-order valence-corrected chi connectivity index (χ1v) is 9.34. The predicted octanol–water partition coefficient (Wildman–Crippen LogP) is 2.27. The zero-order valence-electron chi connectivity index (χ0n) is 15.4. The molecular weight excluding hydrogens is 316 g/mol. The van der Waals surface area contributed by atoms with Crippen LogP contribution >= 0.6 is 0 Å². The third kappa shape index (κ3) is 4.95. The van der Waals surface area contributed by atoms with Crippen molar-refractivity contribution >= 4 is 5.91 Å². The first kappa shape index (κ1) is 18.2. The van der Waals surface area contributed by atoms with E-state index in [1.807, 2.05) is 12.1 Å². The Morgan fingerprint density at radius 2 is 1.92 bits per heavy atom. The molecular formula is C20H30N2O3. The van der Waals surface area contributed by atoms with Gasteiger partial charge in [-0.25, -0.2) is 0 Å². The van der Waals surface area contributed by atoms with Gasteiger partial charge >= 0.3 is 0 Å². The summed E-state index contributed by atoms with van der Waals surface area (Å²) in [4.78, 5) is 14.8. The molecule has 0 bridgehead atoms. The molecule has 5 heteroatoms. The van der Waals surface area contributed by atoms with Crippen LogP contribution in [0, 0.1) is 11.8 Å². The summed E-state index contributed by atoms with van der Waals surface area (Å²) in [5.74, 6) is 2.22. The van der Waals surface area contributed by atoms with Crippen molar-refractivity contribution in [2.75, 3.05) is 47.0 Å². The Balaban J connectivity index is 1.36. The van der Waals surface area contributed by atoms with Gasteiger partial charge in [0.1, 0.15) is 5.75 Å². The molecule has 138 valence electrons. The zero-order chi connectivity index (χ0) is 17.6. The van der Waals surface area contributed by atoms with Crippen molar-refractivity contribution in [2.24, 2.45) is 11.8 Å². The average Bonchev–Trinajstić information content (AvgIpc) is 3.46. The lowest BCUT2D eigenvalue weighted by atomic mass is 9.96. The minimum atomic E-state index is 0.148. The number of likely N-dealkylation sites (tertiary alicyclic amines) is 1. The molecule has 0 unspecified atom stereocenters. The van der Waals surface area contributed by atoms with Crippen molar-refractivity contribution in [1.29, 1.82) is 0 Å². The Kier molecular flexibility index (Phi) is 6.32. The number of piperidine rings is 1. The summed E-state index contributed by atoms with van der Waals surface area (Å²) in [6.45, 7) is 4.86. The molecule has 0 spiro atoms. The summed E-state index contributed by atoms with van der Waals surface area (Å²) < 4.78 is 10.3. The van der Waals surface area contributed by atoms with Gasteiger partial charge in [-0.2, -0.15) is 0 Å². The molecule has 2 fully saturated rings. The normalized spacial score (nSPS) is 24.1. The number of ether oxygens (including phenoxy) is 2. The molecule has 5 nitrogen and oxygen atoms in total. The molecule has 3 rings (SSSR count). The lowest BCUT2D eigenvalue weighted by molar-refractivity contribution is -0.122. The van der Waals surface area contributed by atoms with Crippen LogP contribution in [0.2, 0.25) is 0 Å². The quantitative estimate of drug-likeness (QED) is 0.785. The van der Waals surface area contributed by atoms with Crippen LogP contribution in [0.15, 0.2) is 24.3 Å². The average molecular weight is 346 g/mol. The molecule has 1 heterocycles. The fourth-order valence-electron chi connectivity index (χ4n) is 3.71. The van der Waals surface area contributed by atoms with Gasteiger partial charge in [-0.1, -0.05) is 12.1 Å². The van der Waals surface area contributed by atoms with Gasteiger partial charge in [0.25, 0.3) is 0 Å². The van der Waals surface area contributed by atoms with Crippen molar-refractivity contribution in [3.63, 3.8) is 0 Å². The fourth-order valence-corrected chi connectivity index (χ4v) is 3.71. The molecule has 0 radical (unpaired) electrons. The summed E-state index contributed by atoms with van der Waals surface area (Å²) in [5, 5.41) is 3.19. The van der Waals surface area contributed by atoms with Crippen molar-refractivity contribution in [1.82, 2.24) is 10.2 Å². The third-order valence-corrected chi connectivity index (χ3v) is 5.55. The maximum absolute atomic E-state index is 12.4. The van der Waals surface area contributed by atoms with E-state index in [1.54, 1.807) is 14.2 Å². The molecule has 1 aromatic carbocycles. The highest BCUT2D eigenvalue weighted by Crippen LogP contribution is 2.47. The van der Waals surface area contributed by atoms with Crippen LogP contribution < -0.4 is 10.1 Å². The Hall–Kier alpha value is -1.59. The standard InChI is InChI=1S/C20H30N2O3/c1-24-12-11-22-9-7-15(8-10-22)14-21-20(23)19-13-18(19)16-3-5-17(25-2)6-4-16/h3-6,15,18-19H,7-14H2,1-2H3,(H,21,23)/t18-,19+/m1/s1. The van der Waals surface area contributed by atoms with Crippen molar-refractivity contribution in [3.8, 4) is 5.75 Å². The number of nitrogens with zero attached hydrogens (tertiary/aromatic N) is 1. The van der Waals surface area contributed by atoms with E-state index in [1.165, 1.54) is 5.56 Å². The van der Waals surface area contributed by atoms with E-state index in [-0.39, 0.29) is 11.8 Å². The Labute approximate surface area is 150 Å². The summed E-state index contributed by atoms with van der Waals surface area (Å²) in [6, 6.07) is 8.10. The minimum absolute atomic E-state index is 0.148. The predicted molar refractivity (Wildman–Crippen MR) is 97.9 cm³/mol. The first-order chi connectivity index (χ1) is 12.2. The highest BCUT2D eigenvalue weighted by Gasteiger charge is 2.43. The van der Waals surface area contributed by atoms with Crippen molar-refractivity contribution in [3.05, 3.63) is 29.8 Å². The Morgan fingerprint density at radius 3 is 2.56 bits per heavy atom. The zero-order valence-corrected chi connectivity index (χ0v) is 15.4. The van der Waals surface area contributed by atoms with Crippen LogP contribution in [-0.4, -0.2) is 57.8 Å². The van der Waals surface area contributed by atoms with Crippen LogP contribution in [0.4, 0.5) is 0 Å². The van der Waals surface area contributed by atoms with E-state index in [9.17, 15) is 4.79 Å². The van der Waals surface area contributed by atoms with E-state index in [0.29, 0.717) is 11.8 Å². The Bertz CT molecular complexity index is 553. The number of rotatable bonds is 8.